The first-order valence-corrected chi connectivity index (χ1v) is 16.4. The number of pyridine rings is 1. The van der Waals surface area contributed by atoms with Gasteiger partial charge in [0.25, 0.3) is 0 Å². The van der Waals surface area contributed by atoms with Crippen LogP contribution in [0.5, 0.6) is 5.75 Å². The molecule has 2 heterocycles. The predicted octanol–water partition coefficient (Wildman–Crippen LogP) is 5.38. The molecule has 0 aliphatic carbocycles. The number of nitriles is 2. The Labute approximate surface area is 279 Å². The lowest BCUT2D eigenvalue weighted by Gasteiger charge is -2.16. The lowest BCUT2D eigenvalue weighted by molar-refractivity contribution is -0.144. The molecule has 1 amide bonds. The van der Waals surface area contributed by atoms with Crippen LogP contribution < -0.4 is 21.1 Å². The molecule has 11 nitrogen and oxygen atoms in total. The van der Waals surface area contributed by atoms with E-state index >= 15 is 0 Å². The van der Waals surface area contributed by atoms with E-state index in [1.54, 1.807) is 24.3 Å². The summed E-state index contributed by atoms with van der Waals surface area (Å²) in [5.74, 6) is 0.458. The van der Waals surface area contributed by atoms with Gasteiger partial charge in [0, 0.05) is 46.8 Å². The summed E-state index contributed by atoms with van der Waals surface area (Å²) in [6.45, 7) is 2.47. The first-order chi connectivity index (χ1) is 22.4. The third kappa shape index (κ3) is 9.19. The Morgan fingerprint density at radius 2 is 1.74 bits per heavy atom. The van der Waals surface area contributed by atoms with Crippen LogP contribution in [0.3, 0.4) is 0 Å². The van der Waals surface area contributed by atoms with Crippen LogP contribution in [0.4, 0.5) is 5.82 Å². The highest BCUT2D eigenvalue weighted by molar-refractivity contribution is 7.98. The summed E-state index contributed by atoms with van der Waals surface area (Å²) >= 11 is 8.91. The zero-order valence-electron chi connectivity index (χ0n) is 24.8. The van der Waals surface area contributed by atoms with Gasteiger partial charge in [-0.3, -0.25) is 9.59 Å². The van der Waals surface area contributed by atoms with Crippen LogP contribution in [0.1, 0.15) is 30.2 Å². The SMILES string of the molecule is CCNc1nc(SCc2csc(-c3ccc(Cl)cc3)n2)c(C#N)c(-c2ccc(OCCOC(=O)CNC(=O)CCN)cc2)c1C#N. The van der Waals surface area contributed by atoms with Gasteiger partial charge in [0.2, 0.25) is 5.91 Å². The molecule has 0 bridgehead atoms. The van der Waals surface area contributed by atoms with Gasteiger partial charge in [-0.1, -0.05) is 47.6 Å². The molecule has 4 rings (SSSR count). The number of carbonyl (C=O) groups excluding carboxylic acids is 2. The molecule has 0 atom stereocenters. The number of aromatic nitrogens is 2. The van der Waals surface area contributed by atoms with E-state index < -0.39 is 5.97 Å². The summed E-state index contributed by atoms with van der Waals surface area (Å²) in [7, 11) is 0. The molecule has 0 fully saturated rings. The molecular formula is C32H30ClN7O4S2. The number of hydrogen-bond acceptors (Lipinski definition) is 12. The van der Waals surface area contributed by atoms with Gasteiger partial charge in [0.05, 0.1) is 11.3 Å². The Balaban J connectivity index is 1.47. The molecule has 0 aliphatic heterocycles. The Morgan fingerprint density at radius 3 is 2.41 bits per heavy atom. The molecule has 0 aliphatic rings. The molecule has 4 aromatic rings. The average molecular weight is 676 g/mol. The largest absolute Gasteiger partial charge is 0.490 e. The number of halogens is 1. The minimum atomic E-state index is -0.586. The molecule has 0 saturated carbocycles. The molecule has 236 valence electrons. The number of amides is 1. The van der Waals surface area contributed by atoms with Gasteiger partial charge in [0.15, 0.2) is 0 Å². The number of anilines is 1. The van der Waals surface area contributed by atoms with Gasteiger partial charge in [-0.2, -0.15) is 10.5 Å². The number of nitrogens with two attached hydrogens (primary N) is 1. The molecule has 0 radical (unpaired) electrons. The zero-order valence-corrected chi connectivity index (χ0v) is 27.2. The maximum absolute atomic E-state index is 11.8. The number of thioether (sulfide) groups is 1. The Kier molecular flexibility index (Phi) is 12.8. The summed E-state index contributed by atoms with van der Waals surface area (Å²) in [6.07, 6.45) is 0.132. The standard InChI is InChI=1S/C32H30ClN7O4S2/c1-2-37-30-25(15-35)29(20-5-9-24(10-6-20)43-13-14-44-28(42)17-38-27(41)11-12-34)26(16-36)32(40-30)46-19-23-18-45-31(39-23)21-3-7-22(33)8-4-21/h3-10,18H,2,11-14,17,19,34H2,1H3,(H,37,40)(H,38,41). The summed E-state index contributed by atoms with van der Waals surface area (Å²) in [5, 5.41) is 29.9. The van der Waals surface area contributed by atoms with Gasteiger partial charge >= 0.3 is 5.97 Å². The molecule has 14 heteroatoms. The Morgan fingerprint density at radius 1 is 1.02 bits per heavy atom. The van der Waals surface area contributed by atoms with Crippen molar-refractivity contribution in [3.05, 3.63) is 75.8 Å². The quantitative estimate of drug-likeness (QED) is 0.0838. The normalized spacial score (nSPS) is 10.5. The van der Waals surface area contributed by atoms with Crippen molar-refractivity contribution in [3.63, 3.8) is 0 Å². The third-order valence-electron chi connectivity index (χ3n) is 6.29. The van der Waals surface area contributed by atoms with Crippen LogP contribution in [0.2, 0.25) is 5.02 Å². The number of ether oxygens (including phenoxy) is 2. The van der Waals surface area contributed by atoms with E-state index in [1.807, 2.05) is 36.6 Å². The van der Waals surface area contributed by atoms with Crippen LogP contribution in [0.25, 0.3) is 21.7 Å². The fraction of sp³-hybridized carbons (Fsp3) is 0.250. The fourth-order valence-corrected chi connectivity index (χ4v) is 6.12. The van der Waals surface area contributed by atoms with E-state index in [0.29, 0.717) is 45.0 Å². The van der Waals surface area contributed by atoms with Gasteiger partial charge in [0.1, 0.15) is 59.1 Å². The van der Waals surface area contributed by atoms with Crippen LogP contribution >= 0.6 is 34.7 Å². The topological polar surface area (TPSA) is 176 Å². The predicted molar refractivity (Wildman–Crippen MR) is 179 cm³/mol. The second kappa shape index (κ2) is 17.1. The minimum absolute atomic E-state index is 0.0122. The maximum atomic E-state index is 11.8. The first-order valence-electron chi connectivity index (χ1n) is 14.2. The number of hydrogen-bond donors (Lipinski definition) is 3. The van der Waals surface area contributed by atoms with Gasteiger partial charge in [-0.25, -0.2) is 9.97 Å². The van der Waals surface area contributed by atoms with Crippen molar-refractivity contribution < 1.29 is 19.1 Å². The lowest BCUT2D eigenvalue weighted by atomic mass is 9.96. The second-order valence-corrected chi connectivity index (χ2v) is 11.8. The summed E-state index contributed by atoms with van der Waals surface area (Å²) in [5.41, 5.74) is 8.77. The second-order valence-electron chi connectivity index (χ2n) is 9.49. The number of benzene rings is 2. The minimum Gasteiger partial charge on any atom is -0.490 e. The van der Waals surface area contributed by atoms with Crippen LogP contribution in [0, 0.1) is 22.7 Å². The van der Waals surface area contributed by atoms with Gasteiger partial charge < -0.3 is 25.8 Å². The highest BCUT2D eigenvalue weighted by Crippen LogP contribution is 2.38. The van der Waals surface area contributed by atoms with E-state index in [9.17, 15) is 20.1 Å². The van der Waals surface area contributed by atoms with E-state index in [-0.39, 0.29) is 49.8 Å². The van der Waals surface area contributed by atoms with Crippen molar-refractivity contribution in [2.24, 2.45) is 5.73 Å². The average Bonchev–Trinajstić information content (AvgIpc) is 3.54. The number of thiazole rings is 1. The number of rotatable bonds is 15. The molecule has 2 aromatic heterocycles. The lowest BCUT2D eigenvalue weighted by Crippen LogP contribution is -2.32. The molecule has 4 N–H and O–H groups in total. The van der Waals surface area contributed by atoms with Crippen molar-refractivity contribution in [2.75, 3.05) is 38.2 Å². The van der Waals surface area contributed by atoms with Crippen LogP contribution in [-0.4, -0.2) is 54.7 Å². The first kappa shape index (κ1) is 34.2. The van der Waals surface area contributed by atoms with Crippen LogP contribution in [0.15, 0.2) is 58.9 Å². The molecule has 0 spiro atoms. The van der Waals surface area contributed by atoms with Crippen molar-refractivity contribution in [1.82, 2.24) is 15.3 Å². The molecule has 46 heavy (non-hydrogen) atoms. The number of carbonyl (C=O) groups is 2. The maximum Gasteiger partial charge on any atom is 0.325 e. The van der Waals surface area contributed by atoms with Crippen molar-refractivity contribution in [1.29, 1.82) is 10.5 Å². The Bertz CT molecular complexity index is 1750. The van der Waals surface area contributed by atoms with Gasteiger partial charge in [-0.15, -0.1) is 11.3 Å². The van der Waals surface area contributed by atoms with Crippen LogP contribution in [-0.2, 0) is 20.1 Å². The van der Waals surface area contributed by atoms with E-state index in [2.05, 4.69) is 27.8 Å². The molecular weight excluding hydrogens is 646 g/mol. The van der Waals surface area contributed by atoms with Gasteiger partial charge in [-0.05, 0) is 36.8 Å². The highest BCUT2D eigenvalue weighted by atomic mass is 35.5. The van der Waals surface area contributed by atoms with E-state index in [0.717, 1.165) is 16.3 Å². The smallest absolute Gasteiger partial charge is 0.325 e. The van der Waals surface area contributed by atoms with E-state index in [1.165, 1.54) is 23.1 Å². The van der Waals surface area contributed by atoms with Crippen molar-refractivity contribution >= 4 is 52.4 Å². The zero-order chi connectivity index (χ0) is 32.9. The molecule has 2 aromatic carbocycles. The number of esters is 1. The third-order valence-corrected chi connectivity index (χ3v) is 8.49. The molecule has 0 unspecified atom stereocenters. The van der Waals surface area contributed by atoms with Crippen molar-refractivity contribution in [2.45, 2.75) is 24.1 Å². The number of nitrogens with zero attached hydrogens (tertiary/aromatic N) is 4. The fourth-order valence-electron chi connectivity index (χ4n) is 4.18. The highest BCUT2D eigenvalue weighted by Gasteiger charge is 2.22. The monoisotopic (exact) mass is 675 g/mol. The summed E-state index contributed by atoms with van der Waals surface area (Å²) in [6, 6.07) is 18.9. The van der Waals surface area contributed by atoms with E-state index in [4.69, 9.17) is 31.8 Å². The summed E-state index contributed by atoms with van der Waals surface area (Å²) in [4.78, 5) is 32.6. The van der Waals surface area contributed by atoms with Crippen molar-refractivity contribution in [3.8, 4) is 39.6 Å². The molecule has 0 saturated heterocycles. The number of nitrogens with one attached hydrogen (secondary N) is 2. The summed E-state index contributed by atoms with van der Waals surface area (Å²) < 4.78 is 10.8. The Hall–Kier alpha value is -4.66.